The number of hydrogen-bond acceptors (Lipinski definition) is 4. The minimum atomic E-state index is 0.836. The second-order valence-corrected chi connectivity index (χ2v) is 6.16. The third-order valence-electron chi connectivity index (χ3n) is 3.58. The summed E-state index contributed by atoms with van der Waals surface area (Å²) in [6.45, 7) is 7.01. The molecule has 0 aliphatic heterocycles. The smallest absolute Gasteiger partial charge is 0.191 e. The monoisotopic (exact) mass is 313 g/mol. The summed E-state index contributed by atoms with van der Waals surface area (Å²) in [5, 5.41) is 9.65. The minimum Gasteiger partial charge on any atom is -0.469 e. The summed E-state index contributed by atoms with van der Waals surface area (Å²) >= 11 is 1.72. The molecule has 0 bridgehead atoms. The van der Waals surface area contributed by atoms with Crippen LogP contribution in [0.1, 0.15) is 23.8 Å². The van der Waals surface area contributed by atoms with E-state index in [1.165, 1.54) is 11.1 Å². The van der Waals surface area contributed by atoms with Crippen molar-refractivity contribution >= 4 is 11.8 Å². The van der Waals surface area contributed by atoms with Crippen LogP contribution < -0.4 is 0 Å². The van der Waals surface area contributed by atoms with Crippen LogP contribution in [0.15, 0.2) is 46.2 Å². The minimum absolute atomic E-state index is 0.836. The zero-order chi connectivity index (χ0) is 15.5. The lowest BCUT2D eigenvalue weighted by atomic mass is 10.2. The average molecular weight is 313 g/mol. The van der Waals surface area contributed by atoms with Crippen molar-refractivity contribution in [3.63, 3.8) is 0 Å². The van der Waals surface area contributed by atoms with Crippen LogP contribution in [0, 0.1) is 13.8 Å². The molecule has 2 heterocycles. The maximum atomic E-state index is 5.38. The third kappa shape index (κ3) is 2.95. The molecule has 0 saturated heterocycles. The number of hydrogen-bond donors (Lipinski definition) is 0. The van der Waals surface area contributed by atoms with Crippen LogP contribution in [0.5, 0.6) is 0 Å². The van der Waals surface area contributed by atoms with Gasteiger partial charge in [0.2, 0.25) is 0 Å². The van der Waals surface area contributed by atoms with Crippen LogP contribution in [0.2, 0.25) is 0 Å². The number of aromatic nitrogens is 3. The summed E-state index contributed by atoms with van der Waals surface area (Å²) in [7, 11) is 0. The number of nitrogens with zero attached hydrogens (tertiary/aromatic N) is 3. The van der Waals surface area contributed by atoms with E-state index in [4.69, 9.17) is 4.42 Å². The van der Waals surface area contributed by atoms with Gasteiger partial charge in [-0.3, -0.25) is 0 Å². The van der Waals surface area contributed by atoms with E-state index in [9.17, 15) is 0 Å². The van der Waals surface area contributed by atoms with Crippen LogP contribution in [0.3, 0.4) is 0 Å². The lowest BCUT2D eigenvalue weighted by molar-refractivity contribution is 0.534. The van der Waals surface area contributed by atoms with Crippen LogP contribution in [0.25, 0.3) is 11.4 Å². The van der Waals surface area contributed by atoms with E-state index in [1.807, 2.05) is 13.0 Å². The molecule has 0 saturated carbocycles. The van der Waals surface area contributed by atoms with Crippen molar-refractivity contribution < 1.29 is 4.42 Å². The Morgan fingerprint density at radius 1 is 1.18 bits per heavy atom. The first-order valence-electron chi connectivity index (χ1n) is 7.35. The van der Waals surface area contributed by atoms with Crippen molar-refractivity contribution in [3.8, 4) is 11.4 Å². The highest BCUT2D eigenvalue weighted by Crippen LogP contribution is 2.28. The summed E-state index contributed by atoms with van der Waals surface area (Å²) in [4.78, 5) is 0. The molecule has 0 aliphatic carbocycles. The first-order valence-corrected chi connectivity index (χ1v) is 8.33. The van der Waals surface area contributed by atoms with Gasteiger partial charge in [0.15, 0.2) is 11.0 Å². The first kappa shape index (κ1) is 14.9. The fraction of sp³-hybridized carbons (Fsp3) is 0.294. The Bertz CT molecular complexity index is 776. The maximum absolute atomic E-state index is 5.38. The highest BCUT2D eigenvalue weighted by atomic mass is 32.2. The quantitative estimate of drug-likeness (QED) is 0.652. The number of rotatable bonds is 5. The van der Waals surface area contributed by atoms with Gasteiger partial charge in [0, 0.05) is 12.3 Å². The Morgan fingerprint density at radius 2 is 2.05 bits per heavy atom. The molecule has 3 rings (SSSR count). The molecule has 114 valence electrons. The van der Waals surface area contributed by atoms with E-state index in [0.29, 0.717) is 0 Å². The van der Waals surface area contributed by atoms with Gasteiger partial charge < -0.3 is 8.98 Å². The fourth-order valence-corrected chi connectivity index (χ4v) is 3.39. The zero-order valence-electron chi connectivity index (χ0n) is 13.0. The molecule has 0 N–H and O–H groups in total. The van der Waals surface area contributed by atoms with Gasteiger partial charge in [-0.15, -0.1) is 10.2 Å². The van der Waals surface area contributed by atoms with Gasteiger partial charge in [-0.1, -0.05) is 41.6 Å². The largest absolute Gasteiger partial charge is 0.469 e. The predicted molar refractivity (Wildman–Crippen MR) is 88.9 cm³/mol. The SMILES string of the molecule is CCn1c(SCc2cccc(C)c2)nnc1-c1ccoc1C. The van der Waals surface area contributed by atoms with Gasteiger partial charge in [0.25, 0.3) is 0 Å². The number of furan rings is 1. The van der Waals surface area contributed by atoms with Crippen molar-refractivity contribution in [3.05, 3.63) is 53.5 Å². The van der Waals surface area contributed by atoms with Gasteiger partial charge in [0.1, 0.15) is 5.76 Å². The molecule has 0 atom stereocenters. The maximum Gasteiger partial charge on any atom is 0.191 e. The molecular weight excluding hydrogens is 294 g/mol. The fourth-order valence-electron chi connectivity index (χ4n) is 2.45. The second-order valence-electron chi connectivity index (χ2n) is 5.22. The van der Waals surface area contributed by atoms with Crippen LogP contribution in [0.4, 0.5) is 0 Å². The summed E-state index contributed by atoms with van der Waals surface area (Å²) in [6, 6.07) is 10.5. The lowest BCUT2D eigenvalue weighted by Crippen LogP contribution is -2.00. The summed E-state index contributed by atoms with van der Waals surface area (Å²) < 4.78 is 7.52. The van der Waals surface area contributed by atoms with Gasteiger partial charge in [-0.25, -0.2) is 0 Å². The lowest BCUT2D eigenvalue weighted by Gasteiger charge is -2.07. The molecule has 0 aliphatic rings. The van der Waals surface area contributed by atoms with E-state index in [-0.39, 0.29) is 0 Å². The number of aryl methyl sites for hydroxylation is 2. The standard InChI is InChI=1S/C17H19N3OS/c1-4-20-16(15-8-9-21-13(15)3)18-19-17(20)22-11-14-7-5-6-12(2)10-14/h5-10H,4,11H2,1-3H3. The topological polar surface area (TPSA) is 43.9 Å². The van der Waals surface area contributed by atoms with E-state index in [2.05, 4.69) is 52.9 Å². The number of benzene rings is 1. The Morgan fingerprint density at radius 3 is 2.73 bits per heavy atom. The van der Waals surface area contributed by atoms with Crippen molar-refractivity contribution in [2.75, 3.05) is 0 Å². The van der Waals surface area contributed by atoms with Gasteiger partial charge in [0.05, 0.1) is 11.8 Å². The van der Waals surface area contributed by atoms with E-state index < -0.39 is 0 Å². The molecule has 3 aromatic rings. The molecule has 0 amide bonds. The molecule has 22 heavy (non-hydrogen) atoms. The summed E-state index contributed by atoms with van der Waals surface area (Å²) in [5.41, 5.74) is 3.60. The van der Waals surface area contributed by atoms with Crippen molar-refractivity contribution in [1.29, 1.82) is 0 Å². The third-order valence-corrected chi connectivity index (χ3v) is 4.62. The Labute approximate surface area is 134 Å². The Kier molecular flexibility index (Phi) is 4.34. The highest BCUT2D eigenvalue weighted by molar-refractivity contribution is 7.98. The molecule has 5 heteroatoms. The van der Waals surface area contributed by atoms with Crippen LogP contribution in [-0.4, -0.2) is 14.8 Å². The first-order chi connectivity index (χ1) is 10.7. The van der Waals surface area contributed by atoms with Gasteiger partial charge in [-0.2, -0.15) is 0 Å². The van der Waals surface area contributed by atoms with Crippen molar-refractivity contribution in [2.45, 2.75) is 38.2 Å². The van der Waals surface area contributed by atoms with Crippen molar-refractivity contribution in [2.24, 2.45) is 0 Å². The molecular formula is C17H19N3OS. The predicted octanol–water partition coefficient (Wildman–Crippen LogP) is 4.47. The molecule has 1 aromatic carbocycles. The average Bonchev–Trinajstić information content (AvgIpc) is 3.10. The van der Waals surface area contributed by atoms with E-state index in [1.54, 1.807) is 18.0 Å². The second kappa shape index (κ2) is 6.40. The summed E-state index contributed by atoms with van der Waals surface area (Å²) in [6.07, 6.45) is 1.69. The molecule has 0 spiro atoms. The van der Waals surface area contributed by atoms with E-state index >= 15 is 0 Å². The van der Waals surface area contributed by atoms with Crippen molar-refractivity contribution in [1.82, 2.24) is 14.8 Å². The molecule has 0 radical (unpaired) electrons. The Balaban J connectivity index is 1.83. The molecule has 2 aromatic heterocycles. The highest BCUT2D eigenvalue weighted by Gasteiger charge is 2.16. The Hall–Kier alpha value is -2.01. The molecule has 0 fully saturated rings. The van der Waals surface area contributed by atoms with E-state index in [0.717, 1.165) is 34.6 Å². The van der Waals surface area contributed by atoms with Gasteiger partial charge in [-0.05, 0) is 32.4 Å². The number of thioether (sulfide) groups is 1. The molecule has 4 nitrogen and oxygen atoms in total. The zero-order valence-corrected chi connectivity index (χ0v) is 13.9. The summed E-state index contributed by atoms with van der Waals surface area (Å²) in [5.74, 6) is 2.64. The van der Waals surface area contributed by atoms with Gasteiger partial charge >= 0.3 is 0 Å². The van der Waals surface area contributed by atoms with Crippen LogP contribution >= 0.6 is 11.8 Å². The molecule has 0 unspecified atom stereocenters. The normalized spacial score (nSPS) is 11.0. The van der Waals surface area contributed by atoms with Crippen LogP contribution in [-0.2, 0) is 12.3 Å².